The third kappa shape index (κ3) is 11.0. The summed E-state index contributed by atoms with van der Waals surface area (Å²) in [6, 6.07) is 0.520. The third-order valence-corrected chi connectivity index (χ3v) is 4.47. The van der Waals surface area contributed by atoms with Gasteiger partial charge in [0.15, 0.2) is 5.96 Å². The van der Waals surface area contributed by atoms with Crippen LogP contribution in [-0.2, 0) is 14.2 Å². The molecule has 0 radical (unpaired) electrons. The molecule has 1 aliphatic rings. The summed E-state index contributed by atoms with van der Waals surface area (Å²) in [4.78, 5) is 6.89. The minimum Gasteiger partial charge on any atom is -0.382 e. The first-order chi connectivity index (χ1) is 12.7. The van der Waals surface area contributed by atoms with E-state index in [9.17, 15) is 0 Å². The van der Waals surface area contributed by atoms with Crippen LogP contribution >= 0.6 is 0 Å². The minimum absolute atomic E-state index is 0.520. The summed E-state index contributed by atoms with van der Waals surface area (Å²) >= 11 is 0. The van der Waals surface area contributed by atoms with Gasteiger partial charge in [-0.1, -0.05) is 13.8 Å². The topological polar surface area (TPSA) is 67.4 Å². The molecule has 1 atom stereocenters. The maximum Gasteiger partial charge on any atom is 0.191 e. The van der Waals surface area contributed by atoms with Gasteiger partial charge in [0, 0.05) is 53.0 Å². The first-order valence-electron chi connectivity index (χ1n) is 10.00. The lowest BCUT2D eigenvalue weighted by atomic mass is 10.0. The van der Waals surface area contributed by atoms with Crippen LogP contribution in [0.5, 0.6) is 0 Å². The van der Waals surface area contributed by atoms with Crippen LogP contribution < -0.4 is 10.6 Å². The van der Waals surface area contributed by atoms with Crippen molar-refractivity contribution >= 4 is 5.96 Å². The lowest BCUT2D eigenvalue weighted by Gasteiger charge is -2.35. The van der Waals surface area contributed by atoms with E-state index in [1.807, 2.05) is 7.05 Å². The summed E-state index contributed by atoms with van der Waals surface area (Å²) in [6.07, 6.45) is 3.28. The Kier molecular flexibility index (Phi) is 13.5. The summed E-state index contributed by atoms with van der Waals surface area (Å²) in [5, 5.41) is 6.90. The number of ether oxygens (including phenoxy) is 3. The van der Waals surface area contributed by atoms with Gasteiger partial charge in [0.2, 0.25) is 0 Å². The zero-order chi connectivity index (χ0) is 19.0. The maximum absolute atomic E-state index is 5.49. The largest absolute Gasteiger partial charge is 0.382 e. The Morgan fingerprint density at radius 3 is 2.54 bits per heavy atom. The predicted molar refractivity (Wildman–Crippen MR) is 107 cm³/mol. The molecule has 0 aromatic rings. The molecule has 1 aliphatic heterocycles. The Labute approximate surface area is 159 Å². The number of nitrogens with zero attached hydrogens (tertiary/aromatic N) is 2. The zero-order valence-electron chi connectivity index (χ0n) is 17.3. The van der Waals surface area contributed by atoms with E-state index in [0.717, 1.165) is 64.8 Å². The van der Waals surface area contributed by atoms with Gasteiger partial charge in [-0.2, -0.15) is 0 Å². The fraction of sp³-hybridized carbons (Fsp3) is 0.947. The molecule has 0 spiro atoms. The molecular formula is C19H40N4O3. The van der Waals surface area contributed by atoms with Crippen LogP contribution in [-0.4, -0.2) is 90.3 Å². The number of hydrogen-bond acceptors (Lipinski definition) is 5. The average molecular weight is 373 g/mol. The Balaban J connectivity index is 2.22. The van der Waals surface area contributed by atoms with Crippen molar-refractivity contribution in [2.45, 2.75) is 39.2 Å². The molecule has 154 valence electrons. The number of methoxy groups -OCH3 is 1. The molecule has 0 aromatic carbocycles. The lowest BCUT2D eigenvalue weighted by Crippen LogP contribution is -2.51. The van der Waals surface area contributed by atoms with Crippen molar-refractivity contribution in [1.29, 1.82) is 0 Å². The van der Waals surface area contributed by atoms with E-state index in [1.54, 1.807) is 7.11 Å². The summed E-state index contributed by atoms with van der Waals surface area (Å²) in [5.74, 6) is 1.56. The van der Waals surface area contributed by atoms with Crippen molar-refractivity contribution < 1.29 is 14.2 Å². The van der Waals surface area contributed by atoms with Crippen LogP contribution in [0.2, 0.25) is 0 Å². The second-order valence-corrected chi connectivity index (χ2v) is 7.12. The highest BCUT2D eigenvalue weighted by Crippen LogP contribution is 2.12. The SMILES string of the molecule is CN=C(NCCCCOCCOC)NCC(CC(C)C)N1CCOCC1. The average Bonchev–Trinajstić information content (AvgIpc) is 2.65. The van der Waals surface area contributed by atoms with E-state index < -0.39 is 0 Å². The highest BCUT2D eigenvalue weighted by Gasteiger charge is 2.22. The van der Waals surface area contributed by atoms with Crippen LogP contribution in [0.4, 0.5) is 0 Å². The van der Waals surface area contributed by atoms with Crippen LogP contribution in [0, 0.1) is 5.92 Å². The summed E-state index contributed by atoms with van der Waals surface area (Å²) in [7, 11) is 3.52. The minimum atomic E-state index is 0.520. The molecule has 7 nitrogen and oxygen atoms in total. The summed E-state index contributed by atoms with van der Waals surface area (Å²) in [5.41, 5.74) is 0. The first-order valence-corrected chi connectivity index (χ1v) is 10.00. The molecule has 1 fully saturated rings. The van der Waals surface area contributed by atoms with Gasteiger partial charge in [-0.3, -0.25) is 9.89 Å². The number of morpholine rings is 1. The molecule has 0 amide bonds. The Morgan fingerprint density at radius 2 is 1.88 bits per heavy atom. The molecule has 0 saturated carbocycles. The van der Waals surface area contributed by atoms with Gasteiger partial charge in [-0.05, 0) is 25.2 Å². The maximum atomic E-state index is 5.49. The molecule has 26 heavy (non-hydrogen) atoms. The third-order valence-electron chi connectivity index (χ3n) is 4.47. The molecule has 0 aromatic heterocycles. The molecule has 2 N–H and O–H groups in total. The normalized spacial score (nSPS) is 17.5. The number of guanidine groups is 1. The van der Waals surface area contributed by atoms with E-state index >= 15 is 0 Å². The number of unbranched alkanes of at least 4 members (excludes halogenated alkanes) is 1. The molecule has 1 rings (SSSR count). The van der Waals surface area contributed by atoms with Gasteiger partial charge < -0.3 is 24.8 Å². The smallest absolute Gasteiger partial charge is 0.191 e. The van der Waals surface area contributed by atoms with Crippen molar-refractivity contribution in [1.82, 2.24) is 15.5 Å². The van der Waals surface area contributed by atoms with Gasteiger partial charge in [-0.25, -0.2) is 0 Å². The van der Waals surface area contributed by atoms with Gasteiger partial charge in [0.05, 0.1) is 26.4 Å². The van der Waals surface area contributed by atoms with Crippen molar-refractivity contribution in [3.05, 3.63) is 0 Å². The first kappa shape index (κ1) is 23.1. The van der Waals surface area contributed by atoms with Crippen LogP contribution in [0.25, 0.3) is 0 Å². The fourth-order valence-corrected chi connectivity index (χ4v) is 3.06. The van der Waals surface area contributed by atoms with Gasteiger partial charge >= 0.3 is 0 Å². The molecule has 1 saturated heterocycles. The Hall–Kier alpha value is -0.890. The van der Waals surface area contributed by atoms with Crippen molar-refractivity contribution in [3.63, 3.8) is 0 Å². The van der Waals surface area contributed by atoms with E-state index in [-0.39, 0.29) is 0 Å². The second kappa shape index (κ2) is 15.2. The standard InChI is InChI=1S/C19H40N4O3/c1-17(2)15-18(23-8-11-26-12-9-23)16-22-19(20-3)21-7-5-6-10-25-14-13-24-4/h17-18H,5-16H2,1-4H3,(H2,20,21,22). The van der Waals surface area contributed by atoms with E-state index in [1.165, 1.54) is 6.42 Å². The van der Waals surface area contributed by atoms with E-state index in [2.05, 4.69) is 34.4 Å². The second-order valence-electron chi connectivity index (χ2n) is 7.12. The monoisotopic (exact) mass is 372 g/mol. The molecule has 0 aliphatic carbocycles. The molecule has 1 unspecified atom stereocenters. The lowest BCUT2D eigenvalue weighted by molar-refractivity contribution is 0.0132. The van der Waals surface area contributed by atoms with Crippen molar-refractivity contribution in [2.75, 3.05) is 73.4 Å². The van der Waals surface area contributed by atoms with Crippen LogP contribution in [0.3, 0.4) is 0 Å². The molecule has 0 bridgehead atoms. The highest BCUT2D eigenvalue weighted by molar-refractivity contribution is 5.79. The van der Waals surface area contributed by atoms with Gasteiger partial charge in [-0.15, -0.1) is 0 Å². The Bertz CT molecular complexity index is 361. The summed E-state index contributed by atoms with van der Waals surface area (Å²) in [6.45, 7) is 12.2. The molecule has 1 heterocycles. The summed E-state index contributed by atoms with van der Waals surface area (Å²) < 4.78 is 15.9. The van der Waals surface area contributed by atoms with E-state index in [4.69, 9.17) is 14.2 Å². The zero-order valence-corrected chi connectivity index (χ0v) is 17.3. The van der Waals surface area contributed by atoms with Crippen molar-refractivity contribution in [2.24, 2.45) is 10.9 Å². The molecule has 7 heteroatoms. The quantitative estimate of drug-likeness (QED) is 0.289. The predicted octanol–water partition coefficient (Wildman–Crippen LogP) is 1.34. The van der Waals surface area contributed by atoms with Crippen molar-refractivity contribution in [3.8, 4) is 0 Å². The number of rotatable bonds is 13. The number of nitrogens with one attached hydrogen (secondary N) is 2. The Morgan fingerprint density at radius 1 is 1.12 bits per heavy atom. The van der Waals surface area contributed by atoms with Gasteiger partial charge in [0.25, 0.3) is 0 Å². The van der Waals surface area contributed by atoms with Crippen LogP contribution in [0.15, 0.2) is 4.99 Å². The number of aliphatic imine (C=N–C) groups is 1. The number of hydrogen-bond donors (Lipinski definition) is 2. The fourth-order valence-electron chi connectivity index (χ4n) is 3.06. The molecular weight excluding hydrogens is 332 g/mol. The van der Waals surface area contributed by atoms with E-state index in [0.29, 0.717) is 25.2 Å². The highest BCUT2D eigenvalue weighted by atomic mass is 16.5. The van der Waals surface area contributed by atoms with Crippen LogP contribution in [0.1, 0.15) is 33.1 Å². The van der Waals surface area contributed by atoms with Gasteiger partial charge in [0.1, 0.15) is 0 Å².